The number of rotatable bonds is 3. The van der Waals surface area contributed by atoms with Gasteiger partial charge in [0.1, 0.15) is 0 Å². The van der Waals surface area contributed by atoms with Gasteiger partial charge in [-0.2, -0.15) is 17.0 Å². The standard InChI is InChI=1S/C4H8N2S/c1-7-3-2-6-4-5/h6H,2-3H2,1H3. The zero-order valence-corrected chi connectivity index (χ0v) is 5.09. The first-order chi connectivity index (χ1) is 3.41. The minimum atomic E-state index is 0.789. The molecule has 0 rings (SSSR count). The van der Waals surface area contributed by atoms with Crippen molar-refractivity contribution in [3.8, 4) is 6.19 Å². The first kappa shape index (κ1) is 6.64. The highest BCUT2D eigenvalue weighted by molar-refractivity contribution is 7.98. The highest BCUT2D eigenvalue weighted by atomic mass is 32.2. The maximum absolute atomic E-state index is 7.92. The summed E-state index contributed by atoms with van der Waals surface area (Å²) in [5.41, 5.74) is 0. The van der Waals surface area contributed by atoms with Gasteiger partial charge in [0.25, 0.3) is 0 Å². The quantitative estimate of drug-likeness (QED) is 0.330. The average molecular weight is 116 g/mol. The molecule has 0 fully saturated rings. The van der Waals surface area contributed by atoms with Crippen LogP contribution in [0.15, 0.2) is 0 Å². The molecule has 7 heavy (non-hydrogen) atoms. The van der Waals surface area contributed by atoms with Crippen LogP contribution in [0.3, 0.4) is 0 Å². The Morgan fingerprint density at radius 2 is 2.57 bits per heavy atom. The average Bonchev–Trinajstić information content (AvgIpc) is 1.69. The van der Waals surface area contributed by atoms with Crippen LogP contribution < -0.4 is 5.32 Å². The van der Waals surface area contributed by atoms with Crippen molar-refractivity contribution in [2.24, 2.45) is 0 Å². The van der Waals surface area contributed by atoms with Crippen LogP contribution in [0.1, 0.15) is 0 Å². The van der Waals surface area contributed by atoms with Crippen molar-refractivity contribution in [1.29, 1.82) is 5.26 Å². The zero-order chi connectivity index (χ0) is 5.54. The molecule has 0 bridgehead atoms. The maximum Gasteiger partial charge on any atom is 0.176 e. The van der Waals surface area contributed by atoms with E-state index in [1.54, 1.807) is 11.8 Å². The third kappa shape index (κ3) is 5.64. The van der Waals surface area contributed by atoms with Gasteiger partial charge in [0.15, 0.2) is 6.19 Å². The second-order valence-corrected chi connectivity index (χ2v) is 2.02. The number of thioether (sulfide) groups is 1. The molecule has 1 N–H and O–H groups in total. The molecule has 0 atom stereocenters. The summed E-state index contributed by atoms with van der Waals surface area (Å²) < 4.78 is 0. The maximum atomic E-state index is 7.92. The highest BCUT2D eigenvalue weighted by Crippen LogP contribution is 1.85. The van der Waals surface area contributed by atoms with Gasteiger partial charge in [-0.05, 0) is 6.26 Å². The fourth-order valence-electron chi connectivity index (χ4n) is 0.209. The second kappa shape index (κ2) is 5.64. The summed E-state index contributed by atoms with van der Waals surface area (Å²) in [7, 11) is 0. The van der Waals surface area contributed by atoms with Gasteiger partial charge in [0, 0.05) is 12.3 Å². The van der Waals surface area contributed by atoms with Gasteiger partial charge in [-0.1, -0.05) is 0 Å². The zero-order valence-electron chi connectivity index (χ0n) is 4.27. The van der Waals surface area contributed by atoms with Crippen molar-refractivity contribution in [3.63, 3.8) is 0 Å². The van der Waals surface area contributed by atoms with E-state index in [1.807, 2.05) is 12.4 Å². The van der Waals surface area contributed by atoms with Crippen molar-refractivity contribution in [1.82, 2.24) is 5.32 Å². The molecule has 2 nitrogen and oxygen atoms in total. The predicted octanol–water partition coefficient (Wildman–Crippen LogP) is 0.420. The van der Waals surface area contributed by atoms with Gasteiger partial charge in [-0.15, -0.1) is 0 Å². The van der Waals surface area contributed by atoms with Gasteiger partial charge < -0.3 is 5.32 Å². The monoisotopic (exact) mass is 116 g/mol. The van der Waals surface area contributed by atoms with Crippen molar-refractivity contribution in [2.45, 2.75) is 0 Å². The van der Waals surface area contributed by atoms with E-state index in [4.69, 9.17) is 5.26 Å². The molecule has 0 unspecified atom stereocenters. The highest BCUT2D eigenvalue weighted by Gasteiger charge is 1.76. The lowest BCUT2D eigenvalue weighted by molar-refractivity contribution is 0.944. The Balaban J connectivity index is 2.60. The van der Waals surface area contributed by atoms with Crippen molar-refractivity contribution in [2.75, 3.05) is 18.6 Å². The van der Waals surface area contributed by atoms with E-state index in [1.165, 1.54) is 0 Å². The molecule has 0 saturated heterocycles. The molecule has 0 aromatic rings. The Morgan fingerprint density at radius 3 is 3.00 bits per heavy atom. The number of nitriles is 1. The fourth-order valence-corrected chi connectivity index (χ4v) is 0.515. The molecular formula is C4H8N2S. The lowest BCUT2D eigenvalue weighted by Gasteiger charge is -1.89. The van der Waals surface area contributed by atoms with Gasteiger partial charge >= 0.3 is 0 Å². The van der Waals surface area contributed by atoms with E-state index in [-0.39, 0.29) is 0 Å². The van der Waals surface area contributed by atoms with Gasteiger partial charge in [-0.25, -0.2) is 0 Å². The SMILES string of the molecule is CSCCNC#N. The molecule has 0 saturated carbocycles. The molecule has 0 amide bonds. The molecule has 0 heterocycles. The fraction of sp³-hybridized carbons (Fsp3) is 0.750. The Morgan fingerprint density at radius 1 is 1.86 bits per heavy atom. The van der Waals surface area contributed by atoms with E-state index in [2.05, 4.69) is 5.32 Å². The Hall–Kier alpha value is -0.360. The summed E-state index contributed by atoms with van der Waals surface area (Å²) in [6.45, 7) is 0.789. The smallest absolute Gasteiger partial charge is 0.176 e. The largest absolute Gasteiger partial charge is 0.323 e. The van der Waals surface area contributed by atoms with Crippen molar-refractivity contribution < 1.29 is 0 Å². The summed E-state index contributed by atoms with van der Waals surface area (Å²) in [6, 6.07) is 0. The van der Waals surface area contributed by atoms with Crippen molar-refractivity contribution in [3.05, 3.63) is 0 Å². The lowest BCUT2D eigenvalue weighted by Crippen LogP contribution is -2.08. The van der Waals surface area contributed by atoms with E-state index in [9.17, 15) is 0 Å². The van der Waals surface area contributed by atoms with Crippen LogP contribution in [0.2, 0.25) is 0 Å². The van der Waals surface area contributed by atoms with Gasteiger partial charge in [0.2, 0.25) is 0 Å². The number of nitrogens with zero attached hydrogens (tertiary/aromatic N) is 1. The van der Waals surface area contributed by atoms with Crippen LogP contribution in [-0.4, -0.2) is 18.6 Å². The topological polar surface area (TPSA) is 35.8 Å². The first-order valence-corrected chi connectivity index (χ1v) is 3.42. The van der Waals surface area contributed by atoms with E-state index in [0.717, 1.165) is 12.3 Å². The molecule has 0 aromatic carbocycles. The number of nitrogens with one attached hydrogen (secondary N) is 1. The molecule has 0 aliphatic carbocycles. The minimum absolute atomic E-state index is 0.789. The molecular weight excluding hydrogens is 108 g/mol. The third-order valence-corrected chi connectivity index (χ3v) is 1.12. The normalized spacial score (nSPS) is 7.43. The number of hydrogen-bond donors (Lipinski definition) is 1. The van der Waals surface area contributed by atoms with Crippen LogP contribution in [0.25, 0.3) is 0 Å². The number of hydrogen-bond acceptors (Lipinski definition) is 3. The van der Waals surface area contributed by atoms with Crippen LogP contribution in [0, 0.1) is 11.5 Å². The Bertz CT molecular complexity index is 66.6. The lowest BCUT2D eigenvalue weighted by atomic mass is 10.8. The van der Waals surface area contributed by atoms with Crippen LogP contribution in [-0.2, 0) is 0 Å². The minimum Gasteiger partial charge on any atom is -0.323 e. The van der Waals surface area contributed by atoms with Gasteiger partial charge in [-0.3, -0.25) is 0 Å². The summed E-state index contributed by atoms with van der Waals surface area (Å²) in [6.07, 6.45) is 3.85. The summed E-state index contributed by atoms with van der Waals surface area (Å²) in [4.78, 5) is 0. The molecule has 3 heteroatoms. The van der Waals surface area contributed by atoms with Crippen molar-refractivity contribution >= 4 is 11.8 Å². The van der Waals surface area contributed by atoms with E-state index < -0.39 is 0 Å². The van der Waals surface area contributed by atoms with Crippen LogP contribution in [0.5, 0.6) is 0 Å². The molecule has 40 valence electrons. The summed E-state index contributed by atoms with van der Waals surface area (Å²) in [5, 5.41) is 10.5. The third-order valence-electron chi connectivity index (χ3n) is 0.510. The van der Waals surface area contributed by atoms with E-state index >= 15 is 0 Å². The first-order valence-electron chi connectivity index (χ1n) is 2.02. The van der Waals surface area contributed by atoms with Crippen LogP contribution >= 0.6 is 11.8 Å². The molecule has 0 aromatic heterocycles. The van der Waals surface area contributed by atoms with E-state index in [0.29, 0.717) is 0 Å². The molecule has 0 spiro atoms. The molecule has 0 radical (unpaired) electrons. The van der Waals surface area contributed by atoms with Crippen LogP contribution in [0.4, 0.5) is 0 Å². The Labute approximate surface area is 47.9 Å². The molecule has 0 aliphatic heterocycles. The van der Waals surface area contributed by atoms with Gasteiger partial charge in [0.05, 0.1) is 0 Å². The second-order valence-electron chi connectivity index (χ2n) is 1.03. The molecule has 0 aliphatic rings. The summed E-state index contributed by atoms with van der Waals surface area (Å²) in [5.74, 6) is 1.01. The predicted molar refractivity (Wildman–Crippen MR) is 32.0 cm³/mol. The Kier molecular flexibility index (Phi) is 5.35. The summed E-state index contributed by atoms with van der Waals surface area (Å²) >= 11 is 1.73.